The van der Waals surface area contributed by atoms with E-state index in [2.05, 4.69) is 58.7 Å². The monoisotopic (exact) mass is 292 g/mol. The van der Waals surface area contributed by atoms with E-state index >= 15 is 0 Å². The Morgan fingerprint density at radius 3 is 2.19 bits per heavy atom. The summed E-state index contributed by atoms with van der Waals surface area (Å²) in [6, 6.07) is 0.442. The first-order valence-corrected chi connectivity index (χ1v) is 8.31. The van der Waals surface area contributed by atoms with Crippen LogP contribution in [0, 0.1) is 6.92 Å². The summed E-state index contributed by atoms with van der Waals surface area (Å²) >= 11 is 0. The number of aromatic nitrogens is 2. The SMILES string of the molecule is CCCNc1nc(C(C)C)nc(N(CCC)C(C)C)c1C. The second kappa shape index (κ2) is 8.20. The molecule has 0 radical (unpaired) electrons. The Balaban J connectivity index is 3.29. The van der Waals surface area contributed by atoms with Crippen molar-refractivity contribution in [3.8, 4) is 0 Å². The Bertz CT molecular complexity index is 441. The van der Waals surface area contributed by atoms with E-state index in [1.54, 1.807) is 0 Å². The molecule has 0 atom stereocenters. The van der Waals surface area contributed by atoms with Gasteiger partial charge in [-0.2, -0.15) is 0 Å². The van der Waals surface area contributed by atoms with E-state index in [0.29, 0.717) is 12.0 Å². The molecule has 1 aromatic heterocycles. The van der Waals surface area contributed by atoms with Crippen molar-refractivity contribution in [3.05, 3.63) is 11.4 Å². The molecule has 1 rings (SSSR count). The van der Waals surface area contributed by atoms with Crippen molar-refractivity contribution >= 4 is 11.6 Å². The average molecular weight is 292 g/mol. The molecule has 4 nitrogen and oxygen atoms in total. The van der Waals surface area contributed by atoms with Crippen molar-refractivity contribution < 1.29 is 0 Å². The minimum absolute atomic E-state index is 0.335. The molecule has 0 unspecified atom stereocenters. The molecule has 0 spiro atoms. The Hall–Kier alpha value is -1.32. The van der Waals surface area contributed by atoms with Crippen molar-refractivity contribution in [1.82, 2.24) is 9.97 Å². The smallest absolute Gasteiger partial charge is 0.137 e. The van der Waals surface area contributed by atoms with Gasteiger partial charge in [-0.1, -0.05) is 27.7 Å². The third-order valence-electron chi connectivity index (χ3n) is 3.56. The molecule has 0 aliphatic heterocycles. The molecule has 120 valence electrons. The van der Waals surface area contributed by atoms with Gasteiger partial charge in [-0.25, -0.2) is 9.97 Å². The third kappa shape index (κ3) is 4.58. The molecule has 0 bridgehead atoms. The minimum Gasteiger partial charge on any atom is -0.370 e. The Kier molecular flexibility index (Phi) is 6.93. The lowest BCUT2D eigenvalue weighted by molar-refractivity contribution is 0.650. The van der Waals surface area contributed by atoms with E-state index in [9.17, 15) is 0 Å². The molecule has 0 saturated heterocycles. The van der Waals surface area contributed by atoms with Crippen LogP contribution in [0.5, 0.6) is 0 Å². The van der Waals surface area contributed by atoms with Gasteiger partial charge >= 0.3 is 0 Å². The molecule has 4 heteroatoms. The number of hydrogen-bond donors (Lipinski definition) is 1. The number of anilines is 2. The first kappa shape index (κ1) is 17.7. The molecular formula is C17H32N4. The molecule has 0 aliphatic carbocycles. The summed E-state index contributed by atoms with van der Waals surface area (Å²) in [5.74, 6) is 3.34. The first-order chi connectivity index (χ1) is 9.92. The number of nitrogens with one attached hydrogen (secondary N) is 1. The van der Waals surface area contributed by atoms with E-state index < -0.39 is 0 Å². The van der Waals surface area contributed by atoms with Gasteiger partial charge in [0.15, 0.2) is 0 Å². The zero-order valence-corrected chi connectivity index (χ0v) is 14.8. The van der Waals surface area contributed by atoms with Gasteiger partial charge in [0, 0.05) is 30.6 Å². The Morgan fingerprint density at radius 1 is 1.05 bits per heavy atom. The van der Waals surface area contributed by atoms with Gasteiger partial charge in [0.1, 0.15) is 17.5 Å². The fourth-order valence-electron chi connectivity index (χ4n) is 2.32. The molecule has 0 fully saturated rings. The highest BCUT2D eigenvalue weighted by molar-refractivity contribution is 5.59. The fourth-order valence-corrected chi connectivity index (χ4v) is 2.32. The van der Waals surface area contributed by atoms with Crippen molar-refractivity contribution in [3.63, 3.8) is 0 Å². The minimum atomic E-state index is 0.335. The van der Waals surface area contributed by atoms with E-state index in [1.165, 1.54) is 0 Å². The van der Waals surface area contributed by atoms with Crippen LogP contribution < -0.4 is 10.2 Å². The lowest BCUT2D eigenvalue weighted by Crippen LogP contribution is -2.33. The van der Waals surface area contributed by atoms with Crippen molar-refractivity contribution in [2.45, 2.75) is 73.3 Å². The van der Waals surface area contributed by atoms with Crippen LogP contribution in [-0.2, 0) is 0 Å². The average Bonchev–Trinajstić information content (AvgIpc) is 2.43. The lowest BCUT2D eigenvalue weighted by Gasteiger charge is -2.30. The number of hydrogen-bond acceptors (Lipinski definition) is 4. The number of rotatable bonds is 8. The van der Waals surface area contributed by atoms with Crippen molar-refractivity contribution in [1.29, 1.82) is 0 Å². The maximum atomic E-state index is 4.86. The topological polar surface area (TPSA) is 41.1 Å². The van der Waals surface area contributed by atoms with Crippen LogP contribution in [-0.4, -0.2) is 29.1 Å². The predicted molar refractivity (Wildman–Crippen MR) is 92.4 cm³/mol. The summed E-state index contributed by atoms with van der Waals surface area (Å²) in [7, 11) is 0. The van der Waals surface area contributed by atoms with Gasteiger partial charge in [0.25, 0.3) is 0 Å². The zero-order valence-electron chi connectivity index (χ0n) is 14.8. The molecule has 21 heavy (non-hydrogen) atoms. The van der Waals surface area contributed by atoms with E-state index in [0.717, 1.165) is 49.0 Å². The van der Waals surface area contributed by atoms with Crippen molar-refractivity contribution in [2.24, 2.45) is 0 Å². The van der Waals surface area contributed by atoms with E-state index in [1.807, 2.05) is 0 Å². The van der Waals surface area contributed by atoms with Gasteiger partial charge < -0.3 is 10.2 Å². The third-order valence-corrected chi connectivity index (χ3v) is 3.56. The predicted octanol–water partition coefficient (Wildman–Crippen LogP) is 4.36. The summed E-state index contributed by atoms with van der Waals surface area (Å²) in [6.07, 6.45) is 2.22. The maximum absolute atomic E-state index is 4.86. The molecule has 0 aliphatic rings. The first-order valence-electron chi connectivity index (χ1n) is 8.31. The Morgan fingerprint density at radius 2 is 1.71 bits per heavy atom. The highest BCUT2D eigenvalue weighted by Crippen LogP contribution is 2.27. The second-order valence-electron chi connectivity index (χ2n) is 6.25. The lowest BCUT2D eigenvalue weighted by atomic mass is 10.1. The second-order valence-corrected chi connectivity index (χ2v) is 6.25. The van der Waals surface area contributed by atoms with Crippen LogP contribution in [0.15, 0.2) is 0 Å². The molecule has 0 aromatic carbocycles. The van der Waals surface area contributed by atoms with Crippen molar-refractivity contribution in [2.75, 3.05) is 23.3 Å². The highest BCUT2D eigenvalue weighted by atomic mass is 15.2. The van der Waals surface area contributed by atoms with Gasteiger partial charge in [0.2, 0.25) is 0 Å². The van der Waals surface area contributed by atoms with Gasteiger partial charge in [0.05, 0.1) is 0 Å². The Labute approximate surface area is 130 Å². The fraction of sp³-hybridized carbons (Fsp3) is 0.765. The van der Waals surface area contributed by atoms with E-state index in [4.69, 9.17) is 9.97 Å². The van der Waals surface area contributed by atoms with Gasteiger partial charge in [-0.15, -0.1) is 0 Å². The van der Waals surface area contributed by atoms with Crippen LogP contribution in [0.25, 0.3) is 0 Å². The summed E-state index contributed by atoms with van der Waals surface area (Å²) < 4.78 is 0. The molecular weight excluding hydrogens is 260 g/mol. The number of nitrogens with zero attached hydrogens (tertiary/aromatic N) is 3. The van der Waals surface area contributed by atoms with Crippen LogP contribution >= 0.6 is 0 Å². The maximum Gasteiger partial charge on any atom is 0.137 e. The highest BCUT2D eigenvalue weighted by Gasteiger charge is 2.19. The van der Waals surface area contributed by atoms with Crippen LogP contribution in [0.2, 0.25) is 0 Å². The van der Waals surface area contributed by atoms with Crippen LogP contribution in [0.4, 0.5) is 11.6 Å². The standard InChI is InChI=1S/C17H32N4/c1-8-10-18-16-14(7)17(20-15(19-16)12(3)4)21(11-9-2)13(5)6/h12-13H,8-11H2,1-7H3,(H,18,19,20). The van der Waals surface area contributed by atoms with Crippen LogP contribution in [0.3, 0.4) is 0 Å². The molecule has 0 saturated carbocycles. The quantitative estimate of drug-likeness (QED) is 0.773. The van der Waals surface area contributed by atoms with Gasteiger partial charge in [-0.3, -0.25) is 0 Å². The van der Waals surface area contributed by atoms with E-state index in [-0.39, 0.29) is 0 Å². The molecule has 1 aromatic rings. The summed E-state index contributed by atoms with van der Waals surface area (Å²) in [5.41, 5.74) is 1.16. The largest absolute Gasteiger partial charge is 0.370 e. The molecule has 1 N–H and O–H groups in total. The van der Waals surface area contributed by atoms with Gasteiger partial charge in [-0.05, 0) is 33.6 Å². The molecule has 1 heterocycles. The zero-order chi connectivity index (χ0) is 16.0. The summed E-state index contributed by atoms with van der Waals surface area (Å²) in [6.45, 7) is 17.2. The summed E-state index contributed by atoms with van der Waals surface area (Å²) in [5, 5.41) is 3.46. The normalized spacial score (nSPS) is 11.3. The summed E-state index contributed by atoms with van der Waals surface area (Å²) in [4.78, 5) is 12.0. The molecule has 0 amide bonds. The van der Waals surface area contributed by atoms with Crippen LogP contribution in [0.1, 0.15) is 71.7 Å².